The van der Waals surface area contributed by atoms with Crippen molar-refractivity contribution < 1.29 is 23.9 Å². The fourth-order valence-corrected chi connectivity index (χ4v) is 8.55. The first-order valence-corrected chi connectivity index (χ1v) is 18.6. The summed E-state index contributed by atoms with van der Waals surface area (Å²) in [7, 11) is 1.71. The Bertz CT molecular complexity index is 1590. The van der Waals surface area contributed by atoms with E-state index in [9.17, 15) is 19.2 Å². The van der Waals surface area contributed by atoms with E-state index in [-0.39, 0.29) is 47.7 Å². The summed E-state index contributed by atoms with van der Waals surface area (Å²) in [5.74, 6) is 0.673. The minimum absolute atomic E-state index is 0.128. The molecule has 0 aromatic heterocycles. The Hall–Kier alpha value is -3.96. The normalized spacial score (nSPS) is 24.6. The first kappa shape index (κ1) is 35.9. The van der Waals surface area contributed by atoms with Gasteiger partial charge < -0.3 is 31.3 Å². The van der Waals surface area contributed by atoms with E-state index in [2.05, 4.69) is 33.0 Å². The summed E-state index contributed by atoms with van der Waals surface area (Å²) in [6, 6.07) is 10.3. The molecular formula is C39H54N6O5. The number of likely N-dealkylation sites (tertiary alicyclic amines) is 2. The molecule has 0 saturated carbocycles. The average molecular weight is 687 g/mol. The molecule has 0 bridgehead atoms. The molecule has 2 aliphatic heterocycles. The number of ether oxygens (including phenoxy) is 1. The number of hydrogen-bond acceptors (Lipinski definition) is 7. The second kappa shape index (κ2) is 15.5. The van der Waals surface area contributed by atoms with E-state index in [1.54, 1.807) is 18.9 Å². The fourth-order valence-electron chi connectivity index (χ4n) is 8.55. The summed E-state index contributed by atoms with van der Waals surface area (Å²) in [6.45, 7) is 6.93. The molecule has 50 heavy (non-hydrogen) atoms. The monoisotopic (exact) mass is 686 g/mol. The molecule has 4 amide bonds. The van der Waals surface area contributed by atoms with Crippen molar-refractivity contribution in [1.82, 2.24) is 25.8 Å². The highest BCUT2D eigenvalue weighted by molar-refractivity contribution is 5.93. The third kappa shape index (κ3) is 7.26. The highest BCUT2D eigenvalue weighted by Crippen LogP contribution is 2.44. The van der Waals surface area contributed by atoms with Gasteiger partial charge in [-0.15, -0.1) is 0 Å². The molecule has 2 saturated heterocycles. The summed E-state index contributed by atoms with van der Waals surface area (Å²) in [6.07, 6.45) is 8.58. The van der Waals surface area contributed by atoms with Crippen LogP contribution in [0.15, 0.2) is 36.4 Å². The number of carbonyl (C=O) groups excluding carboxylic acids is 4. The molecule has 270 valence electrons. The summed E-state index contributed by atoms with van der Waals surface area (Å²) < 4.78 is 6.75. The molecule has 2 aromatic rings. The van der Waals surface area contributed by atoms with Crippen molar-refractivity contribution in [2.75, 3.05) is 20.1 Å². The van der Waals surface area contributed by atoms with Gasteiger partial charge in [0, 0.05) is 18.2 Å². The van der Waals surface area contributed by atoms with E-state index in [0.29, 0.717) is 13.0 Å². The molecule has 4 aliphatic rings. The number of hydrogen-bond donors (Lipinski definition) is 4. The topological polar surface area (TPSA) is 146 Å². The van der Waals surface area contributed by atoms with Crippen molar-refractivity contribution in [3.8, 4) is 11.5 Å². The van der Waals surface area contributed by atoms with Crippen molar-refractivity contribution >= 4 is 23.6 Å². The first-order chi connectivity index (χ1) is 24.1. The van der Waals surface area contributed by atoms with Gasteiger partial charge in [0.05, 0.1) is 18.1 Å². The van der Waals surface area contributed by atoms with Crippen LogP contribution in [0.2, 0.25) is 0 Å². The predicted octanol–water partition coefficient (Wildman–Crippen LogP) is 4.04. The number of nitrogens with one attached hydrogen (secondary N) is 3. The van der Waals surface area contributed by atoms with E-state index in [4.69, 9.17) is 10.5 Å². The number of primary amides is 1. The van der Waals surface area contributed by atoms with Gasteiger partial charge in [-0.3, -0.25) is 24.1 Å². The Labute approximate surface area is 296 Å². The van der Waals surface area contributed by atoms with Crippen LogP contribution in [0.25, 0.3) is 0 Å². The van der Waals surface area contributed by atoms with E-state index >= 15 is 0 Å². The molecule has 11 nitrogen and oxygen atoms in total. The molecule has 5 N–H and O–H groups in total. The summed E-state index contributed by atoms with van der Waals surface area (Å²) >= 11 is 0. The molecule has 0 spiro atoms. The highest BCUT2D eigenvalue weighted by atomic mass is 16.5. The maximum absolute atomic E-state index is 13.9. The van der Waals surface area contributed by atoms with Gasteiger partial charge in [0.25, 0.3) is 0 Å². The molecule has 6 rings (SSSR count). The van der Waals surface area contributed by atoms with Gasteiger partial charge in [-0.05, 0) is 119 Å². The van der Waals surface area contributed by atoms with Gasteiger partial charge in [0.2, 0.25) is 23.6 Å². The number of carbonyl (C=O) groups is 4. The van der Waals surface area contributed by atoms with Crippen LogP contribution in [0.3, 0.4) is 0 Å². The van der Waals surface area contributed by atoms with Gasteiger partial charge in [-0.25, -0.2) is 0 Å². The van der Waals surface area contributed by atoms with Crippen molar-refractivity contribution in [2.45, 2.75) is 121 Å². The van der Waals surface area contributed by atoms with E-state index < -0.39 is 18.1 Å². The van der Waals surface area contributed by atoms with Gasteiger partial charge in [0.15, 0.2) is 0 Å². The van der Waals surface area contributed by atoms with Gasteiger partial charge in [-0.1, -0.05) is 38.1 Å². The molecule has 2 aliphatic carbocycles. The van der Waals surface area contributed by atoms with E-state index in [0.717, 1.165) is 87.0 Å². The molecule has 0 radical (unpaired) electrons. The van der Waals surface area contributed by atoms with Gasteiger partial charge in [-0.2, -0.15) is 0 Å². The molecule has 2 heterocycles. The average Bonchev–Trinajstić information content (AvgIpc) is 3.81. The lowest BCUT2D eigenvalue weighted by molar-refractivity contribution is -0.142. The van der Waals surface area contributed by atoms with Crippen molar-refractivity contribution in [1.29, 1.82) is 0 Å². The van der Waals surface area contributed by atoms with Crippen LogP contribution in [0.1, 0.15) is 106 Å². The Morgan fingerprint density at radius 3 is 2.14 bits per heavy atom. The Kier molecular flexibility index (Phi) is 11.1. The van der Waals surface area contributed by atoms with Crippen molar-refractivity contribution in [3.05, 3.63) is 58.7 Å². The predicted molar refractivity (Wildman–Crippen MR) is 191 cm³/mol. The molecular weight excluding hydrogens is 632 g/mol. The quantitative estimate of drug-likeness (QED) is 0.279. The fraction of sp³-hybridized carbons (Fsp3) is 0.590. The van der Waals surface area contributed by atoms with Crippen LogP contribution in [0, 0.1) is 5.92 Å². The summed E-state index contributed by atoms with van der Waals surface area (Å²) in [4.78, 5) is 56.5. The number of likely N-dealkylation sites (N-methyl/N-ethyl adjacent to an activating group) is 1. The number of fused-ring (bicyclic) bond motifs is 2. The third-order valence-electron chi connectivity index (χ3n) is 11.4. The minimum Gasteiger partial charge on any atom is -0.457 e. The number of benzene rings is 2. The SMILES string of the molecule is CN[C@@H](C)C(=O)N[C@H](C(=O)N1CCC[C@H]1C(=O)N[C@@H]1CCCc2c(Oc3cccc4c3CCC[C@H]4N3CCCC3C(N)=O)cccc21)C(C)C. The highest BCUT2D eigenvalue weighted by Gasteiger charge is 2.40. The number of nitrogens with zero attached hydrogens (tertiary/aromatic N) is 2. The minimum atomic E-state index is -0.708. The lowest BCUT2D eigenvalue weighted by atomic mass is 9.85. The Morgan fingerprint density at radius 2 is 1.46 bits per heavy atom. The van der Waals surface area contributed by atoms with Crippen molar-refractivity contribution in [3.63, 3.8) is 0 Å². The van der Waals surface area contributed by atoms with Gasteiger partial charge in [0.1, 0.15) is 23.6 Å². The number of rotatable bonds is 11. The third-order valence-corrected chi connectivity index (χ3v) is 11.4. The van der Waals surface area contributed by atoms with Crippen LogP contribution < -0.4 is 26.4 Å². The standard InChI is InChI=1S/C39H54N6O5/c1-23(2)35(43-37(47)24(3)41-4)39(49)45-22-10-18-32(45)38(48)42-29-15-5-13-27-25(29)11-7-19-33(27)50-34-20-8-12-26-28(34)14-6-16-30(26)44-21-9-17-31(44)36(40)46/h7-8,11-12,19-20,23-24,29-32,35,41H,5-6,9-10,13-18,21-22H2,1-4H3,(H2,40,46)(H,42,48)(H,43,47)/t24-,29+,30+,31?,32-,35-/m0/s1. The van der Waals surface area contributed by atoms with Crippen LogP contribution >= 0.6 is 0 Å². The van der Waals surface area contributed by atoms with Crippen LogP contribution in [0.4, 0.5) is 0 Å². The molecule has 2 fully saturated rings. The van der Waals surface area contributed by atoms with Gasteiger partial charge >= 0.3 is 0 Å². The van der Waals surface area contributed by atoms with Crippen molar-refractivity contribution in [2.24, 2.45) is 11.7 Å². The lowest BCUT2D eigenvalue weighted by Crippen LogP contribution is -2.57. The maximum atomic E-state index is 13.9. The maximum Gasteiger partial charge on any atom is 0.246 e. The largest absolute Gasteiger partial charge is 0.457 e. The summed E-state index contributed by atoms with van der Waals surface area (Å²) in [5, 5.41) is 9.13. The Morgan fingerprint density at radius 1 is 0.820 bits per heavy atom. The zero-order valence-electron chi connectivity index (χ0n) is 30.0. The zero-order chi connectivity index (χ0) is 35.5. The van der Waals surface area contributed by atoms with E-state index in [1.807, 2.05) is 38.1 Å². The smallest absolute Gasteiger partial charge is 0.246 e. The Balaban J connectivity index is 1.18. The molecule has 2 aromatic carbocycles. The molecule has 6 atom stereocenters. The first-order valence-electron chi connectivity index (χ1n) is 18.6. The molecule has 11 heteroatoms. The lowest BCUT2D eigenvalue weighted by Gasteiger charge is -2.36. The van der Waals surface area contributed by atoms with E-state index in [1.165, 1.54) is 11.1 Å². The number of amides is 4. The molecule has 1 unspecified atom stereocenters. The second-order valence-corrected chi connectivity index (χ2v) is 14.8. The summed E-state index contributed by atoms with van der Waals surface area (Å²) in [5.41, 5.74) is 10.4. The van der Waals surface area contributed by atoms with Crippen LogP contribution in [-0.2, 0) is 32.0 Å². The zero-order valence-corrected chi connectivity index (χ0v) is 30.0. The number of nitrogens with two attached hydrogens (primary N) is 1. The van der Waals surface area contributed by atoms with Crippen LogP contribution in [-0.4, -0.2) is 77.7 Å². The van der Waals surface area contributed by atoms with Crippen LogP contribution in [0.5, 0.6) is 11.5 Å². The second-order valence-electron chi connectivity index (χ2n) is 14.8.